The Hall–Kier alpha value is -2.50. The van der Waals surface area contributed by atoms with Crippen LogP contribution in [0.4, 0.5) is 10.6 Å². The number of nitrogen functional groups attached to an aromatic ring is 1. The molecule has 4 N–H and O–H groups in total. The van der Waals surface area contributed by atoms with Gasteiger partial charge in [0.15, 0.2) is 0 Å². The molecule has 122 valence electrons. The van der Waals surface area contributed by atoms with Gasteiger partial charge in [0.2, 0.25) is 0 Å². The van der Waals surface area contributed by atoms with E-state index >= 15 is 0 Å². The van der Waals surface area contributed by atoms with Crippen molar-refractivity contribution in [2.24, 2.45) is 0 Å². The summed E-state index contributed by atoms with van der Waals surface area (Å²) in [6, 6.07) is 11.6. The number of nitrogens with zero attached hydrogens (tertiary/aromatic N) is 1. The number of aromatic nitrogens is 2. The van der Waals surface area contributed by atoms with Crippen molar-refractivity contribution in [3.05, 3.63) is 47.7 Å². The van der Waals surface area contributed by atoms with Gasteiger partial charge in [-0.2, -0.15) is 5.10 Å². The maximum atomic E-state index is 12.1. The minimum atomic E-state index is -0.377. The van der Waals surface area contributed by atoms with Crippen molar-refractivity contribution in [1.29, 1.82) is 0 Å². The van der Waals surface area contributed by atoms with Crippen molar-refractivity contribution in [3.8, 4) is 0 Å². The van der Waals surface area contributed by atoms with Crippen LogP contribution in [-0.4, -0.2) is 22.3 Å². The summed E-state index contributed by atoms with van der Waals surface area (Å²) in [5.41, 5.74) is 7.65. The van der Waals surface area contributed by atoms with Gasteiger partial charge in [0, 0.05) is 23.7 Å². The highest BCUT2D eigenvalue weighted by molar-refractivity contribution is 5.67. The van der Waals surface area contributed by atoms with Crippen molar-refractivity contribution in [2.45, 2.75) is 44.2 Å². The molecule has 0 bridgehead atoms. The van der Waals surface area contributed by atoms with Crippen molar-refractivity contribution in [1.82, 2.24) is 15.5 Å². The molecule has 2 aromatic rings. The van der Waals surface area contributed by atoms with E-state index in [1.54, 1.807) is 0 Å². The molecule has 1 aromatic heterocycles. The summed E-state index contributed by atoms with van der Waals surface area (Å²) in [4.78, 5) is 12.1. The van der Waals surface area contributed by atoms with E-state index in [9.17, 15) is 4.79 Å². The van der Waals surface area contributed by atoms with Crippen LogP contribution in [0.15, 0.2) is 36.4 Å². The minimum absolute atomic E-state index is 0.0480. The molecule has 1 aliphatic carbocycles. The molecule has 0 saturated heterocycles. The molecule has 1 aromatic carbocycles. The Bertz CT molecular complexity index is 641. The first kappa shape index (κ1) is 15.4. The lowest BCUT2D eigenvalue weighted by Crippen LogP contribution is -2.41. The number of hydrogen-bond acceptors (Lipinski definition) is 4. The highest BCUT2D eigenvalue weighted by Crippen LogP contribution is 2.32. The highest BCUT2D eigenvalue weighted by atomic mass is 16.5. The Morgan fingerprint density at radius 1 is 1.30 bits per heavy atom. The maximum Gasteiger partial charge on any atom is 0.407 e. The van der Waals surface area contributed by atoms with E-state index in [4.69, 9.17) is 10.5 Å². The summed E-state index contributed by atoms with van der Waals surface area (Å²) in [5, 5.41) is 9.96. The third-order valence-corrected chi connectivity index (χ3v) is 4.30. The summed E-state index contributed by atoms with van der Waals surface area (Å²) in [6.07, 6.45) is 3.80. The zero-order valence-corrected chi connectivity index (χ0v) is 13.0. The average molecular weight is 314 g/mol. The summed E-state index contributed by atoms with van der Waals surface area (Å²) in [5.74, 6) is 0.689. The van der Waals surface area contributed by atoms with Crippen LogP contribution >= 0.6 is 0 Å². The average Bonchev–Trinajstić information content (AvgIpc) is 3.01. The van der Waals surface area contributed by atoms with Gasteiger partial charge in [0.05, 0.1) is 0 Å². The van der Waals surface area contributed by atoms with Crippen LogP contribution in [-0.2, 0) is 11.3 Å². The molecule has 0 unspecified atom stereocenters. The standard InChI is InChI=1S/C17H22N4O2/c18-16-10-15(20-21-16)13-8-4-5-9-14(13)19-17(22)23-11-12-6-2-1-3-7-12/h1-3,6-7,10,13-14H,4-5,8-9,11H2,(H,19,22)(H3,18,20,21)/t13-,14-/m1/s1. The number of rotatable bonds is 4. The van der Waals surface area contributed by atoms with Gasteiger partial charge in [0.1, 0.15) is 12.4 Å². The van der Waals surface area contributed by atoms with Crippen LogP contribution in [0.25, 0.3) is 0 Å². The van der Waals surface area contributed by atoms with Gasteiger partial charge < -0.3 is 15.8 Å². The molecule has 1 saturated carbocycles. The second-order valence-corrected chi connectivity index (χ2v) is 5.95. The predicted octanol–water partition coefficient (Wildman–Crippen LogP) is 2.94. The molecule has 1 fully saturated rings. The quantitative estimate of drug-likeness (QED) is 0.809. The predicted molar refractivity (Wildman–Crippen MR) is 87.8 cm³/mol. The number of carbonyl (C=O) groups excluding carboxylic acids is 1. The lowest BCUT2D eigenvalue weighted by molar-refractivity contribution is 0.131. The van der Waals surface area contributed by atoms with Gasteiger partial charge in [0.25, 0.3) is 0 Å². The van der Waals surface area contributed by atoms with Crippen LogP contribution in [0.3, 0.4) is 0 Å². The third-order valence-electron chi connectivity index (χ3n) is 4.30. The molecule has 2 atom stereocenters. The molecule has 3 rings (SSSR count). The molecule has 1 amide bonds. The number of nitrogens with one attached hydrogen (secondary N) is 2. The Morgan fingerprint density at radius 2 is 2.09 bits per heavy atom. The largest absolute Gasteiger partial charge is 0.445 e. The van der Waals surface area contributed by atoms with Crippen molar-refractivity contribution in [2.75, 3.05) is 5.73 Å². The molecule has 1 heterocycles. The first-order valence-electron chi connectivity index (χ1n) is 8.00. The number of anilines is 1. The molecular weight excluding hydrogens is 292 g/mol. The first-order chi connectivity index (χ1) is 11.2. The molecule has 0 aliphatic heterocycles. The van der Waals surface area contributed by atoms with E-state index in [2.05, 4.69) is 15.5 Å². The zero-order valence-electron chi connectivity index (χ0n) is 13.0. The number of amides is 1. The molecule has 1 aliphatic rings. The Morgan fingerprint density at radius 3 is 2.83 bits per heavy atom. The number of hydrogen-bond donors (Lipinski definition) is 3. The Balaban J connectivity index is 1.57. The third kappa shape index (κ3) is 4.03. The second-order valence-electron chi connectivity index (χ2n) is 5.95. The van der Waals surface area contributed by atoms with Gasteiger partial charge in [-0.25, -0.2) is 4.79 Å². The summed E-state index contributed by atoms with van der Waals surface area (Å²) in [7, 11) is 0. The highest BCUT2D eigenvalue weighted by Gasteiger charge is 2.29. The Kier molecular flexibility index (Phi) is 4.80. The summed E-state index contributed by atoms with van der Waals surface area (Å²) >= 11 is 0. The van der Waals surface area contributed by atoms with E-state index in [1.807, 2.05) is 36.4 Å². The number of aromatic amines is 1. The number of H-pyrrole nitrogens is 1. The molecular formula is C17H22N4O2. The van der Waals surface area contributed by atoms with Gasteiger partial charge in [-0.15, -0.1) is 0 Å². The number of benzene rings is 1. The first-order valence-corrected chi connectivity index (χ1v) is 8.00. The van der Waals surface area contributed by atoms with E-state index in [0.717, 1.165) is 36.9 Å². The van der Waals surface area contributed by atoms with Crippen LogP contribution in [0.1, 0.15) is 42.9 Å². The second kappa shape index (κ2) is 7.17. The van der Waals surface area contributed by atoms with Crippen LogP contribution in [0.5, 0.6) is 0 Å². The van der Waals surface area contributed by atoms with Crippen molar-refractivity contribution < 1.29 is 9.53 Å². The van der Waals surface area contributed by atoms with Crippen LogP contribution < -0.4 is 11.1 Å². The normalized spacial score (nSPS) is 20.9. The van der Waals surface area contributed by atoms with Gasteiger partial charge in [-0.05, 0) is 18.4 Å². The van der Waals surface area contributed by atoms with E-state index < -0.39 is 0 Å². The molecule has 0 radical (unpaired) electrons. The van der Waals surface area contributed by atoms with Gasteiger partial charge >= 0.3 is 6.09 Å². The van der Waals surface area contributed by atoms with E-state index in [0.29, 0.717) is 5.82 Å². The number of alkyl carbamates (subject to hydrolysis) is 1. The lowest BCUT2D eigenvalue weighted by atomic mass is 9.82. The smallest absolute Gasteiger partial charge is 0.407 e. The fourth-order valence-electron chi connectivity index (χ4n) is 3.13. The maximum absolute atomic E-state index is 12.1. The van der Waals surface area contributed by atoms with E-state index in [-0.39, 0.29) is 24.7 Å². The fraction of sp³-hybridized carbons (Fsp3) is 0.412. The number of carbonyl (C=O) groups is 1. The van der Waals surface area contributed by atoms with Crippen LogP contribution in [0.2, 0.25) is 0 Å². The summed E-state index contributed by atoms with van der Waals surface area (Å²) < 4.78 is 5.32. The lowest BCUT2D eigenvalue weighted by Gasteiger charge is -2.31. The molecule has 23 heavy (non-hydrogen) atoms. The van der Waals surface area contributed by atoms with Crippen molar-refractivity contribution in [3.63, 3.8) is 0 Å². The molecule has 6 nitrogen and oxygen atoms in total. The zero-order chi connectivity index (χ0) is 16.1. The minimum Gasteiger partial charge on any atom is -0.445 e. The summed E-state index contributed by atoms with van der Waals surface area (Å²) in [6.45, 7) is 0.279. The van der Waals surface area contributed by atoms with Gasteiger partial charge in [-0.3, -0.25) is 5.10 Å². The molecule has 0 spiro atoms. The van der Waals surface area contributed by atoms with Gasteiger partial charge in [-0.1, -0.05) is 43.2 Å². The monoisotopic (exact) mass is 314 g/mol. The fourth-order valence-corrected chi connectivity index (χ4v) is 3.13. The Labute approximate surface area is 135 Å². The van der Waals surface area contributed by atoms with Crippen molar-refractivity contribution >= 4 is 11.9 Å². The topological polar surface area (TPSA) is 93.0 Å². The van der Waals surface area contributed by atoms with E-state index in [1.165, 1.54) is 0 Å². The number of nitrogens with two attached hydrogens (primary N) is 1. The SMILES string of the molecule is Nc1cc([C@@H]2CCCC[C@H]2NC(=O)OCc2ccccc2)[nH]n1. The number of ether oxygens (including phenoxy) is 1. The van der Waals surface area contributed by atoms with Crippen LogP contribution in [0, 0.1) is 0 Å². The molecule has 6 heteroatoms.